The predicted octanol–water partition coefficient (Wildman–Crippen LogP) is 4.78. The second-order valence-electron chi connectivity index (χ2n) is 5.42. The normalized spacial score (nSPS) is 13.6. The quantitative estimate of drug-likeness (QED) is 0.839. The average Bonchev–Trinajstić information content (AvgIpc) is 2.74. The van der Waals surface area contributed by atoms with Crippen LogP contribution in [0.3, 0.4) is 0 Å². The molecule has 0 aliphatic rings. The zero-order valence-corrected chi connectivity index (χ0v) is 12.3. The lowest BCUT2D eigenvalue weighted by Crippen LogP contribution is -2.11. The van der Waals surface area contributed by atoms with E-state index < -0.39 is 6.10 Å². The maximum Gasteiger partial charge on any atom is 0.113 e. The Bertz CT molecular complexity index is 522. The number of hydrogen-bond donors (Lipinski definition) is 1. The first-order chi connectivity index (χ1) is 8.38. The van der Waals surface area contributed by atoms with Crippen LogP contribution in [0.2, 0.25) is 4.34 Å². The Labute approximate surface area is 117 Å². The van der Waals surface area contributed by atoms with Crippen LogP contribution in [0, 0.1) is 0 Å². The molecule has 3 heteroatoms. The average molecular weight is 281 g/mol. The summed E-state index contributed by atoms with van der Waals surface area (Å²) in [4.78, 5) is 0.878. The summed E-state index contributed by atoms with van der Waals surface area (Å²) in [5, 5.41) is 10.3. The molecular weight excluding hydrogens is 264 g/mol. The first kappa shape index (κ1) is 13.6. The molecule has 1 atom stereocenters. The highest BCUT2D eigenvalue weighted by molar-refractivity contribution is 7.16. The second kappa shape index (κ2) is 5.04. The number of thiophene rings is 1. The molecule has 96 valence electrons. The Kier molecular flexibility index (Phi) is 3.81. The van der Waals surface area contributed by atoms with Crippen LogP contribution in [0.1, 0.15) is 42.9 Å². The molecule has 0 fully saturated rings. The monoisotopic (exact) mass is 280 g/mol. The van der Waals surface area contributed by atoms with E-state index in [0.29, 0.717) is 4.34 Å². The Morgan fingerprint density at radius 3 is 2.11 bits per heavy atom. The van der Waals surface area contributed by atoms with Crippen LogP contribution in [-0.2, 0) is 5.41 Å². The molecule has 0 aliphatic carbocycles. The highest BCUT2D eigenvalue weighted by Gasteiger charge is 2.16. The SMILES string of the molecule is CC(C)(C)c1ccc(C(O)c2ccc(Cl)s2)cc1. The van der Waals surface area contributed by atoms with E-state index in [1.54, 1.807) is 0 Å². The van der Waals surface area contributed by atoms with Crippen LogP contribution >= 0.6 is 22.9 Å². The van der Waals surface area contributed by atoms with Gasteiger partial charge in [0.25, 0.3) is 0 Å². The van der Waals surface area contributed by atoms with E-state index in [4.69, 9.17) is 11.6 Å². The molecule has 0 radical (unpaired) electrons. The van der Waals surface area contributed by atoms with Gasteiger partial charge in [-0.05, 0) is 28.7 Å². The summed E-state index contributed by atoms with van der Waals surface area (Å²) in [5.41, 5.74) is 2.31. The number of rotatable bonds is 2. The molecule has 1 heterocycles. The molecule has 18 heavy (non-hydrogen) atoms. The predicted molar refractivity (Wildman–Crippen MR) is 78.5 cm³/mol. The molecule has 0 bridgehead atoms. The lowest BCUT2D eigenvalue weighted by atomic mass is 9.86. The van der Waals surface area contributed by atoms with E-state index in [9.17, 15) is 5.11 Å². The van der Waals surface area contributed by atoms with Gasteiger partial charge in [0.2, 0.25) is 0 Å². The van der Waals surface area contributed by atoms with Crippen molar-refractivity contribution in [1.29, 1.82) is 0 Å². The van der Waals surface area contributed by atoms with Crippen molar-refractivity contribution in [3.05, 3.63) is 56.7 Å². The van der Waals surface area contributed by atoms with Crippen molar-refractivity contribution >= 4 is 22.9 Å². The van der Waals surface area contributed by atoms with Crippen molar-refractivity contribution < 1.29 is 5.11 Å². The maximum atomic E-state index is 10.3. The van der Waals surface area contributed by atoms with Crippen LogP contribution in [0.25, 0.3) is 0 Å². The molecule has 2 rings (SSSR count). The van der Waals surface area contributed by atoms with Crippen LogP contribution in [0.4, 0.5) is 0 Å². The lowest BCUT2D eigenvalue weighted by molar-refractivity contribution is 0.224. The molecule has 1 aromatic carbocycles. The summed E-state index contributed by atoms with van der Waals surface area (Å²) in [6.45, 7) is 6.53. The summed E-state index contributed by atoms with van der Waals surface area (Å²) < 4.78 is 0.704. The zero-order valence-electron chi connectivity index (χ0n) is 10.8. The van der Waals surface area contributed by atoms with Gasteiger partial charge in [0.15, 0.2) is 0 Å². The highest BCUT2D eigenvalue weighted by atomic mass is 35.5. The fourth-order valence-electron chi connectivity index (χ4n) is 1.80. The number of aliphatic hydroxyl groups excluding tert-OH is 1. The Morgan fingerprint density at radius 2 is 1.67 bits per heavy atom. The minimum atomic E-state index is -0.587. The molecule has 1 N–H and O–H groups in total. The molecule has 0 amide bonds. The van der Waals surface area contributed by atoms with E-state index in [-0.39, 0.29) is 5.41 Å². The Morgan fingerprint density at radius 1 is 1.06 bits per heavy atom. The van der Waals surface area contributed by atoms with Crippen LogP contribution in [0.5, 0.6) is 0 Å². The molecule has 0 saturated heterocycles. The molecular formula is C15H17ClOS. The zero-order chi connectivity index (χ0) is 13.3. The van der Waals surface area contributed by atoms with Gasteiger partial charge >= 0.3 is 0 Å². The highest BCUT2D eigenvalue weighted by Crippen LogP contribution is 2.32. The van der Waals surface area contributed by atoms with E-state index in [1.165, 1.54) is 16.9 Å². The van der Waals surface area contributed by atoms with Gasteiger partial charge in [-0.3, -0.25) is 0 Å². The number of benzene rings is 1. The fraction of sp³-hybridized carbons (Fsp3) is 0.333. The minimum absolute atomic E-state index is 0.135. The van der Waals surface area contributed by atoms with Crippen LogP contribution in [-0.4, -0.2) is 5.11 Å². The minimum Gasteiger partial charge on any atom is -0.383 e. The van der Waals surface area contributed by atoms with Gasteiger partial charge < -0.3 is 5.11 Å². The largest absolute Gasteiger partial charge is 0.383 e. The van der Waals surface area contributed by atoms with Gasteiger partial charge in [0.1, 0.15) is 6.10 Å². The third kappa shape index (κ3) is 2.94. The molecule has 1 nitrogen and oxygen atoms in total. The van der Waals surface area contributed by atoms with Crippen molar-refractivity contribution in [1.82, 2.24) is 0 Å². The second-order valence-corrected chi connectivity index (χ2v) is 7.16. The van der Waals surface area contributed by atoms with Gasteiger partial charge in [-0.1, -0.05) is 56.6 Å². The summed E-state index contributed by atoms with van der Waals surface area (Å²) in [6.07, 6.45) is -0.587. The van der Waals surface area contributed by atoms with Gasteiger partial charge in [-0.2, -0.15) is 0 Å². The molecule has 1 aromatic heterocycles. The summed E-state index contributed by atoms with van der Waals surface area (Å²) >= 11 is 7.30. The van der Waals surface area contributed by atoms with E-state index in [0.717, 1.165) is 10.4 Å². The topological polar surface area (TPSA) is 20.2 Å². The van der Waals surface area contributed by atoms with Gasteiger partial charge in [-0.25, -0.2) is 0 Å². The molecule has 0 aliphatic heterocycles. The third-order valence-electron chi connectivity index (χ3n) is 2.96. The number of halogens is 1. The molecule has 1 unspecified atom stereocenters. The van der Waals surface area contributed by atoms with Gasteiger partial charge in [0, 0.05) is 4.88 Å². The Hall–Kier alpha value is -0.830. The van der Waals surface area contributed by atoms with E-state index in [1.807, 2.05) is 24.3 Å². The first-order valence-electron chi connectivity index (χ1n) is 5.91. The molecule has 2 aromatic rings. The van der Waals surface area contributed by atoms with Crippen molar-refractivity contribution in [2.45, 2.75) is 32.3 Å². The van der Waals surface area contributed by atoms with E-state index in [2.05, 4.69) is 32.9 Å². The van der Waals surface area contributed by atoms with Gasteiger partial charge in [-0.15, -0.1) is 11.3 Å². The summed E-state index contributed by atoms with van der Waals surface area (Å²) in [6, 6.07) is 11.8. The molecule has 0 spiro atoms. The lowest BCUT2D eigenvalue weighted by Gasteiger charge is -2.19. The maximum absolute atomic E-state index is 10.3. The number of aliphatic hydroxyl groups is 1. The van der Waals surface area contributed by atoms with E-state index >= 15 is 0 Å². The van der Waals surface area contributed by atoms with Crippen molar-refractivity contribution in [2.24, 2.45) is 0 Å². The third-order valence-corrected chi connectivity index (χ3v) is 4.24. The smallest absolute Gasteiger partial charge is 0.113 e. The fourth-order valence-corrected chi connectivity index (χ4v) is 2.88. The van der Waals surface area contributed by atoms with Crippen molar-refractivity contribution in [3.63, 3.8) is 0 Å². The van der Waals surface area contributed by atoms with Crippen molar-refractivity contribution in [3.8, 4) is 0 Å². The first-order valence-corrected chi connectivity index (χ1v) is 7.11. The summed E-state index contributed by atoms with van der Waals surface area (Å²) in [7, 11) is 0. The van der Waals surface area contributed by atoms with Crippen LogP contribution < -0.4 is 0 Å². The van der Waals surface area contributed by atoms with Crippen LogP contribution in [0.15, 0.2) is 36.4 Å². The summed E-state index contributed by atoms with van der Waals surface area (Å²) in [5.74, 6) is 0. The number of hydrogen-bond acceptors (Lipinski definition) is 2. The standard InChI is InChI=1S/C15H17ClOS/c1-15(2,3)11-6-4-10(5-7-11)14(17)12-8-9-13(16)18-12/h4-9,14,17H,1-3H3. The Balaban J connectivity index is 2.24. The van der Waals surface area contributed by atoms with Gasteiger partial charge in [0.05, 0.1) is 4.34 Å². The molecule has 0 saturated carbocycles. The van der Waals surface area contributed by atoms with Crippen molar-refractivity contribution in [2.75, 3.05) is 0 Å².